The minimum atomic E-state index is 0.824. The average Bonchev–Trinajstić information content (AvgIpc) is 2.43. The molecular weight excluding hydrogens is 220 g/mol. The van der Waals surface area contributed by atoms with E-state index in [0.29, 0.717) is 0 Å². The quantitative estimate of drug-likeness (QED) is 0.692. The zero-order valence-electron chi connectivity index (χ0n) is 12.3. The third-order valence-electron chi connectivity index (χ3n) is 4.76. The molecule has 0 radical (unpaired) electrons. The Labute approximate surface area is 113 Å². The van der Waals surface area contributed by atoms with Crippen LogP contribution in [0.5, 0.6) is 0 Å². The predicted molar refractivity (Wildman–Crippen MR) is 78.9 cm³/mol. The molecule has 104 valence electrons. The van der Waals surface area contributed by atoms with Crippen molar-refractivity contribution in [2.24, 2.45) is 5.92 Å². The first-order chi connectivity index (χ1) is 8.83. The maximum Gasteiger partial charge on any atom is 0.0113 e. The van der Waals surface area contributed by atoms with Gasteiger partial charge in [0.2, 0.25) is 0 Å². The highest BCUT2D eigenvalue weighted by atomic mass is 15.3. The van der Waals surface area contributed by atoms with Gasteiger partial charge in [0.25, 0.3) is 0 Å². The normalized spacial score (nSPS) is 26.9. The fourth-order valence-electron chi connectivity index (χ4n) is 3.50. The van der Waals surface area contributed by atoms with E-state index in [1.807, 2.05) is 0 Å². The Bertz CT molecular complexity index is 250. The van der Waals surface area contributed by atoms with E-state index in [1.165, 1.54) is 64.8 Å². The molecule has 0 unspecified atom stereocenters. The summed E-state index contributed by atoms with van der Waals surface area (Å²) in [5.41, 5.74) is 0. The predicted octanol–water partition coefficient (Wildman–Crippen LogP) is 3.15. The molecule has 1 heterocycles. The van der Waals surface area contributed by atoms with Crippen LogP contribution >= 0.6 is 0 Å². The summed E-state index contributed by atoms with van der Waals surface area (Å²) in [7, 11) is 0. The van der Waals surface area contributed by atoms with Crippen LogP contribution in [0.2, 0.25) is 0 Å². The van der Waals surface area contributed by atoms with Crippen molar-refractivity contribution in [1.82, 2.24) is 9.80 Å². The van der Waals surface area contributed by atoms with Crippen molar-refractivity contribution >= 4 is 0 Å². The summed E-state index contributed by atoms with van der Waals surface area (Å²) < 4.78 is 0. The van der Waals surface area contributed by atoms with Gasteiger partial charge in [-0.2, -0.15) is 0 Å². The zero-order valence-corrected chi connectivity index (χ0v) is 12.3. The van der Waals surface area contributed by atoms with Gasteiger partial charge in [0.1, 0.15) is 0 Å². The Kier molecular flexibility index (Phi) is 5.71. The van der Waals surface area contributed by atoms with Gasteiger partial charge in [-0.1, -0.05) is 26.0 Å². The lowest BCUT2D eigenvalue weighted by molar-refractivity contribution is 0.0814. The maximum absolute atomic E-state index is 2.71. The highest BCUT2D eigenvalue weighted by molar-refractivity contribution is 4.91. The molecule has 2 aliphatic rings. The van der Waals surface area contributed by atoms with Gasteiger partial charge in [-0.15, -0.1) is 0 Å². The van der Waals surface area contributed by atoms with Crippen molar-refractivity contribution in [3.05, 3.63) is 12.2 Å². The Balaban J connectivity index is 1.71. The molecule has 0 aromatic rings. The Hall–Kier alpha value is -0.340. The summed E-state index contributed by atoms with van der Waals surface area (Å²) in [5, 5.41) is 0. The molecule has 2 rings (SSSR count). The van der Waals surface area contributed by atoms with E-state index >= 15 is 0 Å². The summed E-state index contributed by atoms with van der Waals surface area (Å²) in [6, 6.07) is 0.824. The Morgan fingerprint density at radius 2 is 1.78 bits per heavy atom. The molecule has 2 heteroatoms. The Morgan fingerprint density at radius 3 is 2.33 bits per heavy atom. The van der Waals surface area contributed by atoms with Gasteiger partial charge in [0.15, 0.2) is 0 Å². The van der Waals surface area contributed by atoms with Crippen LogP contribution in [0.4, 0.5) is 0 Å². The molecule has 1 aliphatic carbocycles. The molecule has 0 aromatic carbocycles. The molecule has 1 saturated heterocycles. The molecule has 1 fully saturated rings. The number of piperazine rings is 1. The van der Waals surface area contributed by atoms with Crippen LogP contribution in [0, 0.1) is 5.92 Å². The lowest BCUT2D eigenvalue weighted by Gasteiger charge is -2.40. The molecule has 0 spiro atoms. The topological polar surface area (TPSA) is 6.48 Å². The van der Waals surface area contributed by atoms with Crippen molar-refractivity contribution < 1.29 is 0 Å². The second-order valence-corrected chi connectivity index (χ2v) is 5.96. The van der Waals surface area contributed by atoms with Crippen LogP contribution < -0.4 is 0 Å². The third kappa shape index (κ3) is 3.83. The maximum atomic E-state index is 2.71. The molecule has 0 N–H and O–H groups in total. The molecule has 0 bridgehead atoms. The number of nitrogens with zero attached hydrogens (tertiary/aromatic N) is 2. The summed E-state index contributed by atoms with van der Waals surface area (Å²) in [6.45, 7) is 11.1. The minimum Gasteiger partial charge on any atom is -0.301 e. The third-order valence-corrected chi connectivity index (χ3v) is 4.76. The van der Waals surface area contributed by atoms with Gasteiger partial charge < -0.3 is 4.90 Å². The standard InChI is InChI=1S/C16H30N2/c1-3-16(4-2)18-12-10-17(11-13-18)14-15-8-6-5-7-9-15/h5-6,15-16H,3-4,7-14H2,1-2H3/t15-/m1/s1. The van der Waals surface area contributed by atoms with Crippen LogP contribution in [0.1, 0.15) is 46.0 Å². The molecule has 0 aromatic heterocycles. The van der Waals surface area contributed by atoms with Gasteiger partial charge in [-0.05, 0) is 38.0 Å². The van der Waals surface area contributed by atoms with E-state index in [4.69, 9.17) is 0 Å². The van der Waals surface area contributed by atoms with Gasteiger partial charge in [0.05, 0.1) is 0 Å². The molecule has 1 atom stereocenters. The lowest BCUT2D eigenvalue weighted by Crippen LogP contribution is -2.51. The van der Waals surface area contributed by atoms with Crippen LogP contribution in [0.25, 0.3) is 0 Å². The van der Waals surface area contributed by atoms with E-state index in [1.54, 1.807) is 0 Å². The van der Waals surface area contributed by atoms with Crippen LogP contribution in [-0.4, -0.2) is 48.6 Å². The monoisotopic (exact) mass is 250 g/mol. The first-order valence-corrected chi connectivity index (χ1v) is 7.94. The second kappa shape index (κ2) is 7.30. The molecule has 0 saturated carbocycles. The summed E-state index contributed by atoms with van der Waals surface area (Å²) >= 11 is 0. The van der Waals surface area contributed by atoms with Crippen molar-refractivity contribution in [3.8, 4) is 0 Å². The highest BCUT2D eigenvalue weighted by Gasteiger charge is 2.23. The second-order valence-electron chi connectivity index (χ2n) is 5.96. The van der Waals surface area contributed by atoms with Gasteiger partial charge >= 0.3 is 0 Å². The van der Waals surface area contributed by atoms with E-state index in [-0.39, 0.29) is 0 Å². The first kappa shape index (κ1) is 14.1. The fraction of sp³-hybridized carbons (Fsp3) is 0.875. The van der Waals surface area contributed by atoms with Crippen molar-refractivity contribution in [3.63, 3.8) is 0 Å². The van der Waals surface area contributed by atoms with Gasteiger partial charge in [-0.3, -0.25) is 4.90 Å². The number of allylic oxidation sites excluding steroid dienone is 2. The smallest absolute Gasteiger partial charge is 0.0113 e. The molecule has 0 amide bonds. The molecule has 1 aliphatic heterocycles. The number of hydrogen-bond acceptors (Lipinski definition) is 2. The zero-order chi connectivity index (χ0) is 12.8. The van der Waals surface area contributed by atoms with Crippen LogP contribution in [0.15, 0.2) is 12.2 Å². The fourth-order valence-corrected chi connectivity index (χ4v) is 3.50. The SMILES string of the molecule is CCC(CC)N1CCN(C[C@@H]2CC=CCC2)CC1. The van der Waals surface area contributed by atoms with E-state index < -0.39 is 0 Å². The van der Waals surface area contributed by atoms with E-state index in [0.717, 1.165) is 12.0 Å². The minimum absolute atomic E-state index is 0.824. The van der Waals surface area contributed by atoms with E-state index in [2.05, 4.69) is 35.8 Å². The van der Waals surface area contributed by atoms with Gasteiger partial charge in [-0.25, -0.2) is 0 Å². The van der Waals surface area contributed by atoms with Crippen molar-refractivity contribution in [2.75, 3.05) is 32.7 Å². The highest BCUT2D eigenvalue weighted by Crippen LogP contribution is 2.20. The number of rotatable bonds is 5. The largest absolute Gasteiger partial charge is 0.301 e. The molecule has 2 nitrogen and oxygen atoms in total. The van der Waals surface area contributed by atoms with E-state index in [9.17, 15) is 0 Å². The first-order valence-electron chi connectivity index (χ1n) is 7.94. The number of hydrogen-bond donors (Lipinski definition) is 0. The Morgan fingerprint density at radius 1 is 1.06 bits per heavy atom. The molecular formula is C16H30N2. The van der Waals surface area contributed by atoms with Crippen molar-refractivity contribution in [1.29, 1.82) is 0 Å². The van der Waals surface area contributed by atoms with Gasteiger partial charge in [0, 0.05) is 38.8 Å². The lowest BCUT2D eigenvalue weighted by atomic mass is 9.93. The molecule has 18 heavy (non-hydrogen) atoms. The van der Waals surface area contributed by atoms with Crippen molar-refractivity contribution in [2.45, 2.75) is 52.0 Å². The van der Waals surface area contributed by atoms with Crippen LogP contribution in [-0.2, 0) is 0 Å². The van der Waals surface area contributed by atoms with Crippen LogP contribution in [0.3, 0.4) is 0 Å². The summed E-state index contributed by atoms with van der Waals surface area (Å²) in [6.07, 6.45) is 11.4. The summed E-state index contributed by atoms with van der Waals surface area (Å²) in [5.74, 6) is 0.926. The average molecular weight is 250 g/mol. The summed E-state index contributed by atoms with van der Waals surface area (Å²) in [4.78, 5) is 5.40.